The molecule has 1 aliphatic heterocycles. The predicted octanol–water partition coefficient (Wildman–Crippen LogP) is 0.909. The Morgan fingerprint density at radius 1 is 1.29 bits per heavy atom. The van der Waals surface area contributed by atoms with E-state index < -0.39 is 8.56 Å². The first-order valence-electron chi connectivity index (χ1n) is 6.16. The number of ether oxygens (including phenoxy) is 2. The Balaban J connectivity index is 2.52. The Morgan fingerprint density at radius 3 is 2.71 bits per heavy atom. The molecule has 0 saturated carbocycles. The van der Waals surface area contributed by atoms with E-state index in [9.17, 15) is 0 Å². The molecule has 102 valence electrons. The van der Waals surface area contributed by atoms with Gasteiger partial charge in [0, 0.05) is 0 Å². The molecule has 0 aliphatic carbocycles. The van der Waals surface area contributed by atoms with Crippen LogP contribution in [0, 0.1) is 0 Å². The van der Waals surface area contributed by atoms with Gasteiger partial charge in [0.1, 0.15) is 6.10 Å². The maximum Gasteiger partial charge on any atom is 0.337 e. The van der Waals surface area contributed by atoms with Gasteiger partial charge in [-0.05, 0) is 12.1 Å². The molecule has 17 heavy (non-hydrogen) atoms. The van der Waals surface area contributed by atoms with E-state index in [1.54, 1.807) is 0 Å². The molecule has 1 saturated heterocycles. The Morgan fingerprint density at radius 2 is 2.06 bits per heavy atom. The fourth-order valence-corrected chi connectivity index (χ4v) is 3.27. The van der Waals surface area contributed by atoms with Crippen LogP contribution in [-0.4, -0.2) is 59.4 Å². The van der Waals surface area contributed by atoms with Crippen LogP contribution in [0.25, 0.3) is 0 Å². The number of aliphatic hydroxyl groups is 1. The van der Waals surface area contributed by atoms with Gasteiger partial charge in [-0.2, -0.15) is 0 Å². The molecule has 0 radical (unpaired) electrons. The predicted molar refractivity (Wildman–Crippen MR) is 66.3 cm³/mol. The lowest BCUT2D eigenvalue weighted by Gasteiger charge is -2.30. The molecule has 0 aromatic carbocycles. The SMILES string of the molecule is CC(C)[Si]1(C)OCCOCC(OCCO)CO1. The average Bonchev–Trinajstić information content (AvgIpc) is 2.39. The van der Waals surface area contributed by atoms with Crippen molar-refractivity contribution in [2.45, 2.75) is 32.0 Å². The summed E-state index contributed by atoms with van der Waals surface area (Å²) in [6.45, 7) is 8.76. The highest BCUT2D eigenvalue weighted by molar-refractivity contribution is 6.67. The monoisotopic (exact) mass is 264 g/mol. The van der Waals surface area contributed by atoms with Crippen molar-refractivity contribution in [3.05, 3.63) is 0 Å². The molecule has 0 aromatic rings. The lowest BCUT2D eigenvalue weighted by atomic mass is 10.4. The molecular weight excluding hydrogens is 240 g/mol. The standard InChI is InChI=1S/C11H24O5Si/c1-10(2)17(3)15-7-6-13-8-11(9-16-17)14-5-4-12/h10-12H,4-9H2,1-3H3. The molecule has 5 nitrogen and oxygen atoms in total. The highest BCUT2D eigenvalue weighted by atomic mass is 28.4. The Bertz CT molecular complexity index is 214. The van der Waals surface area contributed by atoms with Crippen LogP contribution in [0.15, 0.2) is 0 Å². The van der Waals surface area contributed by atoms with Gasteiger partial charge in [0.2, 0.25) is 0 Å². The lowest BCUT2D eigenvalue weighted by Crippen LogP contribution is -2.44. The smallest absolute Gasteiger partial charge is 0.337 e. The van der Waals surface area contributed by atoms with Crippen LogP contribution >= 0.6 is 0 Å². The Kier molecular flexibility index (Phi) is 6.61. The number of aliphatic hydroxyl groups excluding tert-OH is 1. The first kappa shape index (κ1) is 15.1. The van der Waals surface area contributed by atoms with Crippen LogP contribution in [0.1, 0.15) is 13.8 Å². The summed E-state index contributed by atoms with van der Waals surface area (Å²) in [5, 5.41) is 8.75. The molecule has 1 heterocycles. The van der Waals surface area contributed by atoms with Gasteiger partial charge in [-0.3, -0.25) is 0 Å². The van der Waals surface area contributed by atoms with Gasteiger partial charge in [-0.15, -0.1) is 0 Å². The van der Waals surface area contributed by atoms with Gasteiger partial charge in [-0.1, -0.05) is 13.8 Å². The summed E-state index contributed by atoms with van der Waals surface area (Å²) in [6, 6.07) is 0. The first-order chi connectivity index (χ1) is 8.08. The number of rotatable bonds is 4. The van der Waals surface area contributed by atoms with Crippen LogP contribution in [0.5, 0.6) is 0 Å². The minimum atomic E-state index is -2.13. The third kappa shape index (κ3) is 5.03. The molecule has 0 aromatic heterocycles. The molecular formula is C11H24O5Si. The van der Waals surface area contributed by atoms with Crippen molar-refractivity contribution in [2.24, 2.45) is 0 Å². The summed E-state index contributed by atoms with van der Waals surface area (Å²) in [5.41, 5.74) is 0.388. The molecule has 1 N–H and O–H groups in total. The summed E-state index contributed by atoms with van der Waals surface area (Å²) in [4.78, 5) is 0. The second-order valence-corrected chi connectivity index (χ2v) is 8.39. The van der Waals surface area contributed by atoms with Gasteiger partial charge < -0.3 is 23.4 Å². The number of hydrogen-bond donors (Lipinski definition) is 1. The maximum absolute atomic E-state index is 8.75. The molecule has 1 rings (SSSR count). The van der Waals surface area contributed by atoms with Crippen LogP contribution in [0.4, 0.5) is 0 Å². The molecule has 0 spiro atoms. The summed E-state index contributed by atoms with van der Waals surface area (Å²) in [5.74, 6) is 0. The van der Waals surface area contributed by atoms with Gasteiger partial charge in [0.25, 0.3) is 0 Å². The zero-order chi connectivity index (χ0) is 12.7. The molecule has 2 unspecified atom stereocenters. The highest BCUT2D eigenvalue weighted by Crippen LogP contribution is 2.24. The molecule has 0 amide bonds. The Hall–Kier alpha value is 0.0169. The zero-order valence-corrected chi connectivity index (χ0v) is 12.0. The van der Waals surface area contributed by atoms with Gasteiger partial charge in [-0.25, -0.2) is 0 Å². The van der Waals surface area contributed by atoms with E-state index in [1.165, 1.54) is 0 Å². The second kappa shape index (κ2) is 7.45. The number of hydrogen-bond acceptors (Lipinski definition) is 5. The van der Waals surface area contributed by atoms with Crippen LogP contribution in [-0.2, 0) is 18.3 Å². The normalized spacial score (nSPS) is 31.9. The van der Waals surface area contributed by atoms with E-state index in [0.29, 0.717) is 38.6 Å². The minimum Gasteiger partial charge on any atom is -0.394 e. The van der Waals surface area contributed by atoms with Crippen molar-refractivity contribution >= 4 is 8.56 Å². The van der Waals surface area contributed by atoms with Crippen molar-refractivity contribution in [1.82, 2.24) is 0 Å². The molecule has 1 fully saturated rings. The molecule has 0 bridgehead atoms. The molecule has 6 heteroatoms. The summed E-state index contributed by atoms with van der Waals surface area (Å²) in [7, 11) is -2.13. The fourth-order valence-electron chi connectivity index (χ4n) is 1.52. The largest absolute Gasteiger partial charge is 0.394 e. The van der Waals surface area contributed by atoms with E-state index in [1.807, 2.05) is 0 Å². The minimum absolute atomic E-state index is 0.0197. The zero-order valence-electron chi connectivity index (χ0n) is 11.0. The first-order valence-corrected chi connectivity index (χ1v) is 8.56. The maximum atomic E-state index is 8.75. The average molecular weight is 264 g/mol. The van der Waals surface area contributed by atoms with Crippen molar-refractivity contribution in [3.63, 3.8) is 0 Å². The quantitative estimate of drug-likeness (QED) is 0.765. The van der Waals surface area contributed by atoms with Crippen molar-refractivity contribution in [3.8, 4) is 0 Å². The van der Waals surface area contributed by atoms with Crippen LogP contribution in [0.3, 0.4) is 0 Å². The van der Waals surface area contributed by atoms with Crippen LogP contribution in [0.2, 0.25) is 12.1 Å². The third-order valence-corrected chi connectivity index (χ3v) is 6.58. The lowest BCUT2D eigenvalue weighted by molar-refractivity contribution is -0.0443. The summed E-state index contributed by atoms with van der Waals surface area (Å²) >= 11 is 0. The summed E-state index contributed by atoms with van der Waals surface area (Å²) < 4.78 is 22.7. The Labute approximate surface area is 104 Å². The molecule has 2 atom stereocenters. The van der Waals surface area contributed by atoms with E-state index >= 15 is 0 Å². The van der Waals surface area contributed by atoms with Gasteiger partial charge in [0.05, 0.1) is 39.6 Å². The van der Waals surface area contributed by atoms with Gasteiger partial charge >= 0.3 is 8.56 Å². The second-order valence-electron chi connectivity index (χ2n) is 4.62. The van der Waals surface area contributed by atoms with E-state index in [-0.39, 0.29) is 12.7 Å². The van der Waals surface area contributed by atoms with Crippen molar-refractivity contribution in [2.75, 3.05) is 39.6 Å². The summed E-state index contributed by atoms with van der Waals surface area (Å²) in [6.07, 6.45) is -0.116. The third-order valence-electron chi connectivity index (χ3n) is 2.97. The fraction of sp³-hybridized carbons (Fsp3) is 1.00. The van der Waals surface area contributed by atoms with Crippen molar-refractivity contribution in [1.29, 1.82) is 0 Å². The van der Waals surface area contributed by atoms with Gasteiger partial charge in [0.15, 0.2) is 0 Å². The van der Waals surface area contributed by atoms with E-state index in [4.69, 9.17) is 23.4 Å². The highest BCUT2D eigenvalue weighted by Gasteiger charge is 2.37. The molecule has 1 aliphatic rings. The topological polar surface area (TPSA) is 57.2 Å². The van der Waals surface area contributed by atoms with Crippen LogP contribution < -0.4 is 0 Å². The van der Waals surface area contributed by atoms with E-state index in [0.717, 1.165) is 0 Å². The van der Waals surface area contributed by atoms with Crippen molar-refractivity contribution < 1.29 is 23.4 Å². The van der Waals surface area contributed by atoms with E-state index in [2.05, 4.69) is 20.4 Å².